The van der Waals surface area contributed by atoms with Gasteiger partial charge in [0.1, 0.15) is 0 Å². The van der Waals surface area contributed by atoms with Gasteiger partial charge in [0.25, 0.3) is 0 Å². The van der Waals surface area contributed by atoms with Gasteiger partial charge in [-0.3, -0.25) is 0 Å². The Bertz CT molecular complexity index is 3530. The Kier molecular flexibility index (Phi) is 7.13. The van der Waals surface area contributed by atoms with E-state index in [9.17, 15) is 0 Å². The summed E-state index contributed by atoms with van der Waals surface area (Å²) in [5.74, 6) is 0. The molecule has 0 saturated heterocycles. The lowest BCUT2D eigenvalue weighted by Gasteiger charge is -2.26. The quantitative estimate of drug-likeness (QED) is 0.170. The van der Waals surface area contributed by atoms with Crippen LogP contribution in [0.4, 0.5) is 17.1 Å². The number of fused-ring (bicyclic) bond motifs is 10. The summed E-state index contributed by atoms with van der Waals surface area (Å²) in [6.07, 6.45) is 0. The molecule has 3 heteroatoms. The summed E-state index contributed by atoms with van der Waals surface area (Å²) in [5, 5.41) is 12.5. The average Bonchev–Trinajstić information content (AvgIpc) is 3.82. The molecular formula is C54H34N2S. The van der Waals surface area contributed by atoms with Crippen LogP contribution in [-0.4, -0.2) is 4.57 Å². The number of rotatable bonds is 5. The Balaban J connectivity index is 1.08. The molecule has 2 heterocycles. The normalized spacial score (nSPS) is 11.9. The monoisotopic (exact) mass is 742 g/mol. The molecule has 0 bridgehead atoms. The molecule has 0 atom stereocenters. The van der Waals surface area contributed by atoms with E-state index < -0.39 is 0 Å². The number of anilines is 3. The first-order chi connectivity index (χ1) is 28.2. The van der Waals surface area contributed by atoms with Crippen molar-refractivity contribution in [3.05, 3.63) is 206 Å². The van der Waals surface area contributed by atoms with Crippen LogP contribution in [0.3, 0.4) is 0 Å². The third kappa shape index (κ3) is 5.10. The topological polar surface area (TPSA) is 8.17 Å². The van der Waals surface area contributed by atoms with Crippen molar-refractivity contribution in [2.24, 2.45) is 0 Å². The third-order valence-electron chi connectivity index (χ3n) is 11.7. The predicted octanol–water partition coefficient (Wildman–Crippen LogP) is 15.7. The van der Waals surface area contributed by atoms with Crippen LogP contribution in [0, 0.1) is 0 Å². The highest BCUT2D eigenvalue weighted by Crippen LogP contribution is 2.44. The van der Waals surface area contributed by atoms with Crippen molar-refractivity contribution in [3.63, 3.8) is 0 Å². The zero-order valence-electron chi connectivity index (χ0n) is 30.9. The molecule has 0 amide bonds. The Morgan fingerprint density at radius 1 is 0.351 bits per heavy atom. The Morgan fingerprint density at radius 3 is 1.81 bits per heavy atom. The molecule has 12 rings (SSSR count). The molecule has 0 unspecified atom stereocenters. The molecule has 0 spiro atoms. The van der Waals surface area contributed by atoms with Gasteiger partial charge < -0.3 is 9.47 Å². The number of hydrogen-bond acceptors (Lipinski definition) is 2. The molecule has 0 saturated carbocycles. The van der Waals surface area contributed by atoms with Crippen molar-refractivity contribution in [2.75, 3.05) is 4.90 Å². The van der Waals surface area contributed by atoms with E-state index in [1.54, 1.807) is 0 Å². The van der Waals surface area contributed by atoms with Gasteiger partial charge in [-0.05, 0) is 98.7 Å². The van der Waals surface area contributed by atoms with Crippen molar-refractivity contribution in [1.29, 1.82) is 0 Å². The molecule has 2 nitrogen and oxygen atoms in total. The van der Waals surface area contributed by atoms with E-state index in [0.29, 0.717) is 0 Å². The highest BCUT2D eigenvalue weighted by Gasteiger charge is 2.20. The number of aromatic nitrogens is 1. The zero-order chi connectivity index (χ0) is 37.5. The number of hydrogen-bond donors (Lipinski definition) is 0. The molecular weight excluding hydrogens is 709 g/mol. The summed E-state index contributed by atoms with van der Waals surface area (Å²) in [4.78, 5) is 2.43. The van der Waals surface area contributed by atoms with Gasteiger partial charge in [0.15, 0.2) is 0 Å². The molecule has 0 radical (unpaired) electrons. The second-order valence-electron chi connectivity index (χ2n) is 14.9. The SMILES string of the molecule is c1ccc2cc(N(c3ccc4c(c3)sc3ccccc34)c3ccc4c(c3)c3ccc5ccccc5c3n4-c3ccc(-c4cccc5ccccc45)cc3)ccc2c1. The van der Waals surface area contributed by atoms with Crippen molar-refractivity contribution in [1.82, 2.24) is 4.57 Å². The average molecular weight is 743 g/mol. The molecule has 10 aromatic carbocycles. The van der Waals surface area contributed by atoms with Gasteiger partial charge in [0.05, 0.1) is 11.0 Å². The Morgan fingerprint density at radius 2 is 0.947 bits per heavy atom. The predicted molar refractivity (Wildman–Crippen MR) is 246 cm³/mol. The molecule has 2 aromatic heterocycles. The number of thiophene rings is 1. The first-order valence-electron chi connectivity index (χ1n) is 19.5. The fourth-order valence-electron chi connectivity index (χ4n) is 9.06. The van der Waals surface area contributed by atoms with Gasteiger partial charge in [0.2, 0.25) is 0 Å². The summed E-state index contributed by atoms with van der Waals surface area (Å²) < 4.78 is 5.07. The van der Waals surface area contributed by atoms with Gasteiger partial charge in [-0.1, -0.05) is 146 Å². The maximum Gasteiger partial charge on any atom is 0.0619 e. The summed E-state index contributed by atoms with van der Waals surface area (Å²) in [6, 6.07) is 75.9. The maximum atomic E-state index is 2.47. The van der Waals surface area contributed by atoms with Crippen LogP contribution in [-0.2, 0) is 0 Å². The standard InChI is InChI=1S/C54H34N2S/c1-2-13-39-32-41(26-20-35(39)10-1)55(43-27-30-48-47-17-7-8-19-52(47)57-53(48)34-43)42-28-31-51-50(33-42)49-29-23-37-12-4-6-16-46(37)54(49)56(51)40-24-21-38(22-25-40)45-18-9-14-36-11-3-5-15-44(36)45/h1-34H. The Labute approximate surface area is 333 Å². The summed E-state index contributed by atoms with van der Waals surface area (Å²) in [6.45, 7) is 0. The lowest BCUT2D eigenvalue weighted by Crippen LogP contribution is -2.09. The molecule has 0 aliphatic rings. The van der Waals surface area contributed by atoms with Gasteiger partial charge >= 0.3 is 0 Å². The van der Waals surface area contributed by atoms with Crippen LogP contribution in [0.2, 0.25) is 0 Å². The minimum atomic E-state index is 1.12. The van der Waals surface area contributed by atoms with Crippen LogP contribution in [0.15, 0.2) is 206 Å². The molecule has 266 valence electrons. The lowest BCUT2D eigenvalue weighted by atomic mass is 9.98. The number of nitrogens with zero attached hydrogens (tertiary/aromatic N) is 2. The molecule has 0 aliphatic heterocycles. The van der Waals surface area contributed by atoms with Crippen molar-refractivity contribution < 1.29 is 0 Å². The second kappa shape index (κ2) is 12.7. The summed E-state index contributed by atoms with van der Waals surface area (Å²) in [5.41, 5.74) is 9.41. The largest absolute Gasteiger partial charge is 0.310 e. The fourth-order valence-corrected chi connectivity index (χ4v) is 10.2. The van der Waals surface area contributed by atoms with Crippen molar-refractivity contribution in [3.8, 4) is 16.8 Å². The minimum absolute atomic E-state index is 1.12. The summed E-state index contributed by atoms with van der Waals surface area (Å²) >= 11 is 1.86. The Hall–Kier alpha value is -7.20. The molecule has 0 N–H and O–H groups in total. The van der Waals surface area contributed by atoms with Crippen molar-refractivity contribution >= 4 is 103 Å². The lowest BCUT2D eigenvalue weighted by molar-refractivity contribution is 1.19. The van der Waals surface area contributed by atoms with E-state index in [-0.39, 0.29) is 0 Å². The first-order valence-corrected chi connectivity index (χ1v) is 20.3. The van der Waals surface area contributed by atoms with E-state index in [0.717, 1.165) is 22.7 Å². The van der Waals surface area contributed by atoms with Gasteiger partial charge in [-0.2, -0.15) is 0 Å². The second-order valence-corrected chi connectivity index (χ2v) is 16.0. The minimum Gasteiger partial charge on any atom is -0.310 e. The molecule has 0 fully saturated rings. The van der Waals surface area contributed by atoms with Crippen LogP contribution in [0.25, 0.3) is 91.1 Å². The van der Waals surface area contributed by atoms with E-state index in [1.807, 2.05) is 11.3 Å². The maximum absolute atomic E-state index is 2.47. The first kappa shape index (κ1) is 32.1. The van der Waals surface area contributed by atoms with Crippen LogP contribution in [0.5, 0.6) is 0 Å². The molecule has 57 heavy (non-hydrogen) atoms. The van der Waals surface area contributed by atoms with E-state index in [2.05, 4.69) is 216 Å². The van der Waals surface area contributed by atoms with Crippen LogP contribution in [0.1, 0.15) is 0 Å². The van der Waals surface area contributed by atoms with Gasteiger partial charge in [0, 0.05) is 59.1 Å². The fraction of sp³-hybridized carbons (Fsp3) is 0. The number of benzene rings is 10. The third-order valence-corrected chi connectivity index (χ3v) is 12.9. The van der Waals surface area contributed by atoms with E-state index in [4.69, 9.17) is 0 Å². The highest BCUT2D eigenvalue weighted by molar-refractivity contribution is 7.25. The zero-order valence-corrected chi connectivity index (χ0v) is 31.7. The smallest absolute Gasteiger partial charge is 0.0619 e. The van der Waals surface area contributed by atoms with Crippen LogP contribution >= 0.6 is 11.3 Å². The highest BCUT2D eigenvalue weighted by atomic mass is 32.1. The van der Waals surface area contributed by atoms with Gasteiger partial charge in [-0.25, -0.2) is 0 Å². The van der Waals surface area contributed by atoms with Crippen LogP contribution < -0.4 is 4.90 Å². The molecule has 12 aromatic rings. The van der Waals surface area contributed by atoms with E-state index in [1.165, 1.54) is 85.4 Å². The van der Waals surface area contributed by atoms with E-state index >= 15 is 0 Å². The van der Waals surface area contributed by atoms with Crippen molar-refractivity contribution in [2.45, 2.75) is 0 Å². The molecule has 0 aliphatic carbocycles. The summed E-state index contributed by atoms with van der Waals surface area (Å²) in [7, 11) is 0. The van der Waals surface area contributed by atoms with Gasteiger partial charge in [-0.15, -0.1) is 11.3 Å².